The van der Waals surface area contributed by atoms with Gasteiger partial charge in [-0.25, -0.2) is 4.79 Å². The minimum absolute atomic E-state index is 0.147. The molecule has 18 heavy (non-hydrogen) atoms. The molecule has 0 aromatic heterocycles. The highest BCUT2D eigenvalue weighted by molar-refractivity contribution is 5.89. The van der Waals surface area contributed by atoms with Crippen molar-refractivity contribution in [3.63, 3.8) is 0 Å². The molecule has 0 bridgehead atoms. The molecular formula is C14H20O4. The highest BCUT2D eigenvalue weighted by atomic mass is 16.6. The van der Waals surface area contributed by atoms with Gasteiger partial charge in [0, 0.05) is 7.11 Å². The van der Waals surface area contributed by atoms with Crippen LogP contribution in [0.4, 0.5) is 0 Å². The summed E-state index contributed by atoms with van der Waals surface area (Å²) in [5, 5.41) is 0. The maximum atomic E-state index is 11.7. The topological polar surface area (TPSA) is 44.8 Å². The number of benzene rings is 1. The van der Waals surface area contributed by atoms with Gasteiger partial charge in [-0.15, -0.1) is 0 Å². The molecule has 4 nitrogen and oxygen atoms in total. The van der Waals surface area contributed by atoms with E-state index >= 15 is 0 Å². The summed E-state index contributed by atoms with van der Waals surface area (Å²) in [5.41, 5.74) is 1.49. The largest absolute Gasteiger partial charge is 0.460 e. The molecule has 1 aromatic carbocycles. The maximum Gasteiger partial charge on any atom is 0.338 e. The van der Waals surface area contributed by atoms with E-state index < -0.39 is 0 Å². The highest BCUT2D eigenvalue weighted by Gasteiger charge is 2.07. The van der Waals surface area contributed by atoms with Crippen molar-refractivity contribution < 1.29 is 19.0 Å². The number of esters is 1. The van der Waals surface area contributed by atoms with Gasteiger partial charge in [0.05, 0.1) is 24.9 Å². The Balaban J connectivity index is 2.43. The van der Waals surface area contributed by atoms with Crippen LogP contribution in [-0.2, 0) is 20.8 Å². The monoisotopic (exact) mass is 252 g/mol. The summed E-state index contributed by atoms with van der Waals surface area (Å²) >= 11 is 0. The molecule has 4 heteroatoms. The van der Waals surface area contributed by atoms with Crippen molar-refractivity contribution in [2.75, 3.05) is 20.3 Å². The zero-order chi connectivity index (χ0) is 13.4. The standard InChI is InChI=1S/C14H20O4/c1-11(2)17-7-8-18-14(15)13-6-4-5-12(9-13)10-16-3/h4-6,9,11H,7-8,10H2,1-3H3. The second-order valence-corrected chi connectivity index (χ2v) is 4.19. The van der Waals surface area contributed by atoms with Gasteiger partial charge < -0.3 is 14.2 Å². The molecule has 0 amide bonds. The second kappa shape index (κ2) is 7.84. The molecule has 1 aromatic rings. The fourth-order valence-corrected chi connectivity index (χ4v) is 1.46. The summed E-state index contributed by atoms with van der Waals surface area (Å²) in [6, 6.07) is 7.22. The van der Waals surface area contributed by atoms with E-state index in [0.717, 1.165) is 5.56 Å². The van der Waals surface area contributed by atoms with E-state index in [1.807, 2.05) is 26.0 Å². The lowest BCUT2D eigenvalue weighted by Crippen LogP contribution is -2.13. The molecule has 0 saturated heterocycles. The Morgan fingerprint density at radius 2 is 2.06 bits per heavy atom. The summed E-state index contributed by atoms with van der Waals surface area (Å²) in [6.07, 6.45) is 0.147. The lowest BCUT2D eigenvalue weighted by Gasteiger charge is -2.08. The lowest BCUT2D eigenvalue weighted by molar-refractivity contribution is 0.0177. The minimum atomic E-state index is -0.333. The first-order chi connectivity index (χ1) is 8.63. The number of hydrogen-bond acceptors (Lipinski definition) is 4. The van der Waals surface area contributed by atoms with Crippen LogP contribution in [-0.4, -0.2) is 32.4 Å². The van der Waals surface area contributed by atoms with Crippen molar-refractivity contribution in [3.05, 3.63) is 35.4 Å². The Morgan fingerprint density at radius 1 is 1.28 bits per heavy atom. The number of carbonyl (C=O) groups is 1. The highest BCUT2D eigenvalue weighted by Crippen LogP contribution is 2.07. The molecule has 0 aliphatic rings. The van der Waals surface area contributed by atoms with Gasteiger partial charge in [0.25, 0.3) is 0 Å². The fourth-order valence-electron chi connectivity index (χ4n) is 1.46. The van der Waals surface area contributed by atoms with Gasteiger partial charge in [-0.3, -0.25) is 0 Å². The van der Waals surface area contributed by atoms with Crippen LogP contribution < -0.4 is 0 Å². The van der Waals surface area contributed by atoms with Crippen molar-refractivity contribution in [2.45, 2.75) is 26.6 Å². The number of carbonyl (C=O) groups excluding carboxylic acids is 1. The molecule has 0 radical (unpaired) electrons. The normalized spacial score (nSPS) is 10.7. The quantitative estimate of drug-likeness (QED) is 0.552. The third-order valence-electron chi connectivity index (χ3n) is 2.24. The van der Waals surface area contributed by atoms with Gasteiger partial charge in [-0.2, -0.15) is 0 Å². The molecule has 0 aliphatic heterocycles. The Morgan fingerprint density at radius 3 is 2.72 bits per heavy atom. The van der Waals surface area contributed by atoms with Crippen LogP contribution in [0.3, 0.4) is 0 Å². The number of rotatable bonds is 7. The first kappa shape index (κ1) is 14.7. The summed E-state index contributed by atoms with van der Waals surface area (Å²) in [6.45, 7) is 5.05. The van der Waals surface area contributed by atoms with Gasteiger partial charge in [-0.05, 0) is 31.5 Å². The van der Waals surface area contributed by atoms with E-state index in [1.165, 1.54) is 0 Å². The second-order valence-electron chi connectivity index (χ2n) is 4.19. The molecular weight excluding hydrogens is 232 g/mol. The lowest BCUT2D eigenvalue weighted by atomic mass is 10.1. The Bertz CT molecular complexity index is 374. The molecule has 0 unspecified atom stereocenters. The van der Waals surface area contributed by atoms with E-state index in [2.05, 4.69) is 0 Å². The molecule has 0 fully saturated rings. The van der Waals surface area contributed by atoms with E-state index in [4.69, 9.17) is 14.2 Å². The summed E-state index contributed by atoms with van der Waals surface area (Å²) in [7, 11) is 1.62. The average molecular weight is 252 g/mol. The van der Waals surface area contributed by atoms with Crippen LogP contribution in [0, 0.1) is 0 Å². The van der Waals surface area contributed by atoms with E-state index in [-0.39, 0.29) is 18.7 Å². The Labute approximate surface area is 108 Å². The van der Waals surface area contributed by atoms with Crippen molar-refractivity contribution in [2.24, 2.45) is 0 Å². The predicted octanol–water partition coefficient (Wildman–Crippen LogP) is 2.41. The molecule has 1 rings (SSSR count). The first-order valence-corrected chi connectivity index (χ1v) is 6.00. The van der Waals surface area contributed by atoms with Crippen LogP contribution in [0.25, 0.3) is 0 Å². The predicted molar refractivity (Wildman–Crippen MR) is 68.5 cm³/mol. The van der Waals surface area contributed by atoms with Crippen molar-refractivity contribution in [1.82, 2.24) is 0 Å². The van der Waals surface area contributed by atoms with E-state index in [1.54, 1.807) is 19.2 Å². The van der Waals surface area contributed by atoms with Gasteiger partial charge >= 0.3 is 5.97 Å². The van der Waals surface area contributed by atoms with Crippen LogP contribution in [0.5, 0.6) is 0 Å². The third-order valence-corrected chi connectivity index (χ3v) is 2.24. The van der Waals surface area contributed by atoms with Crippen molar-refractivity contribution >= 4 is 5.97 Å². The number of methoxy groups -OCH3 is 1. The summed E-state index contributed by atoms with van der Waals surface area (Å²) in [5.74, 6) is -0.333. The molecule has 0 saturated carbocycles. The summed E-state index contributed by atoms with van der Waals surface area (Å²) in [4.78, 5) is 11.7. The van der Waals surface area contributed by atoms with Gasteiger partial charge in [0.1, 0.15) is 6.61 Å². The zero-order valence-corrected chi connectivity index (χ0v) is 11.1. The smallest absolute Gasteiger partial charge is 0.338 e. The van der Waals surface area contributed by atoms with Gasteiger partial charge in [0.15, 0.2) is 0 Å². The van der Waals surface area contributed by atoms with Gasteiger partial charge in [0.2, 0.25) is 0 Å². The van der Waals surface area contributed by atoms with Crippen molar-refractivity contribution in [1.29, 1.82) is 0 Å². The molecule has 100 valence electrons. The van der Waals surface area contributed by atoms with Crippen LogP contribution in [0.15, 0.2) is 24.3 Å². The molecule has 0 aliphatic carbocycles. The van der Waals surface area contributed by atoms with E-state index in [0.29, 0.717) is 18.8 Å². The van der Waals surface area contributed by atoms with Crippen LogP contribution >= 0.6 is 0 Å². The molecule has 0 atom stereocenters. The SMILES string of the molecule is COCc1cccc(C(=O)OCCOC(C)C)c1. The first-order valence-electron chi connectivity index (χ1n) is 6.00. The Hall–Kier alpha value is -1.39. The van der Waals surface area contributed by atoms with Crippen molar-refractivity contribution in [3.8, 4) is 0 Å². The molecule has 0 N–H and O–H groups in total. The zero-order valence-electron chi connectivity index (χ0n) is 11.1. The Kier molecular flexibility index (Phi) is 6.39. The van der Waals surface area contributed by atoms with Crippen LogP contribution in [0.2, 0.25) is 0 Å². The summed E-state index contributed by atoms with van der Waals surface area (Å²) < 4.78 is 15.4. The van der Waals surface area contributed by atoms with Gasteiger partial charge in [-0.1, -0.05) is 12.1 Å². The van der Waals surface area contributed by atoms with Crippen LogP contribution in [0.1, 0.15) is 29.8 Å². The fraction of sp³-hybridized carbons (Fsp3) is 0.500. The van der Waals surface area contributed by atoms with E-state index in [9.17, 15) is 4.79 Å². The maximum absolute atomic E-state index is 11.7. The molecule has 0 spiro atoms. The number of ether oxygens (including phenoxy) is 3. The molecule has 0 heterocycles. The minimum Gasteiger partial charge on any atom is -0.460 e. The number of hydrogen-bond donors (Lipinski definition) is 0. The average Bonchev–Trinajstić information content (AvgIpc) is 2.35. The third kappa shape index (κ3) is 5.29.